The fourth-order valence-electron chi connectivity index (χ4n) is 1.40. The molecule has 1 saturated heterocycles. The van der Waals surface area contributed by atoms with E-state index >= 15 is 0 Å². The van der Waals surface area contributed by atoms with Crippen LogP contribution >= 0.6 is 0 Å². The van der Waals surface area contributed by atoms with Crippen molar-refractivity contribution in [1.82, 2.24) is 15.0 Å². The summed E-state index contributed by atoms with van der Waals surface area (Å²) in [5, 5.41) is 1.93. The second-order valence-electron chi connectivity index (χ2n) is 3.11. The summed E-state index contributed by atoms with van der Waals surface area (Å²) in [6, 6.07) is 2.23. The topological polar surface area (TPSA) is 38.2 Å². The molecule has 2 heterocycles. The van der Waals surface area contributed by atoms with Gasteiger partial charge in [0.1, 0.15) is 0 Å². The van der Waals surface area contributed by atoms with E-state index in [0.29, 0.717) is 6.01 Å². The first kappa shape index (κ1) is 8.44. The quantitative estimate of drug-likeness (QED) is 0.685. The minimum Gasteiger partial charge on any atom is -0.365 e. The Morgan fingerprint density at radius 2 is 1.77 bits per heavy atom. The van der Waals surface area contributed by atoms with Crippen molar-refractivity contribution in [3.63, 3.8) is 0 Å². The van der Waals surface area contributed by atoms with Crippen LogP contribution in [0.1, 0.15) is 19.3 Å². The van der Waals surface area contributed by atoms with Crippen LogP contribution in [0.2, 0.25) is 0 Å². The molecule has 0 aromatic carbocycles. The molecule has 13 heavy (non-hydrogen) atoms. The van der Waals surface area contributed by atoms with E-state index in [1.807, 2.05) is 5.06 Å². The summed E-state index contributed by atoms with van der Waals surface area (Å²) in [5.74, 6) is 0. The Morgan fingerprint density at radius 1 is 1.08 bits per heavy atom. The van der Waals surface area contributed by atoms with E-state index in [0.717, 1.165) is 13.1 Å². The number of rotatable bonds is 2. The molecule has 0 bridgehead atoms. The normalized spacial score (nSPS) is 18.5. The van der Waals surface area contributed by atoms with Crippen LogP contribution in [0.3, 0.4) is 0 Å². The van der Waals surface area contributed by atoms with E-state index in [1.165, 1.54) is 19.3 Å². The summed E-state index contributed by atoms with van der Waals surface area (Å²) in [6.07, 6.45) is 7.08. The third-order valence-corrected chi connectivity index (χ3v) is 2.07. The molecule has 0 aliphatic carbocycles. The molecule has 0 amide bonds. The first-order valence-electron chi connectivity index (χ1n) is 4.65. The molecule has 1 aliphatic rings. The minimum atomic E-state index is 0.449. The fraction of sp³-hybridized carbons (Fsp3) is 0.556. The van der Waals surface area contributed by atoms with Crippen molar-refractivity contribution in [2.24, 2.45) is 0 Å². The number of nitrogens with zero attached hydrogens (tertiary/aromatic N) is 3. The molecule has 0 saturated carbocycles. The van der Waals surface area contributed by atoms with Gasteiger partial charge in [-0.05, 0) is 18.9 Å². The third-order valence-electron chi connectivity index (χ3n) is 2.07. The first-order valence-corrected chi connectivity index (χ1v) is 4.65. The van der Waals surface area contributed by atoms with E-state index in [2.05, 4.69) is 9.97 Å². The molecule has 1 aromatic heterocycles. The van der Waals surface area contributed by atoms with Gasteiger partial charge in [0.25, 0.3) is 0 Å². The fourth-order valence-corrected chi connectivity index (χ4v) is 1.40. The SMILES string of the molecule is c1cnc(ON2CCCCC2)nc1. The summed E-state index contributed by atoms with van der Waals surface area (Å²) >= 11 is 0. The van der Waals surface area contributed by atoms with Crippen LogP contribution in [0, 0.1) is 0 Å². The predicted octanol–water partition coefficient (Wildman–Crippen LogP) is 1.26. The predicted molar refractivity (Wildman–Crippen MR) is 48.1 cm³/mol. The van der Waals surface area contributed by atoms with Gasteiger partial charge in [0.05, 0.1) is 0 Å². The summed E-state index contributed by atoms with van der Waals surface area (Å²) in [4.78, 5) is 13.5. The lowest BCUT2D eigenvalue weighted by molar-refractivity contribution is -0.0798. The summed E-state index contributed by atoms with van der Waals surface area (Å²) < 4.78 is 0. The molecule has 0 atom stereocenters. The Bertz CT molecular complexity index is 246. The number of aromatic nitrogens is 2. The molecule has 0 radical (unpaired) electrons. The highest BCUT2D eigenvalue weighted by Gasteiger charge is 2.12. The zero-order valence-electron chi connectivity index (χ0n) is 7.52. The van der Waals surface area contributed by atoms with Crippen molar-refractivity contribution in [2.75, 3.05) is 13.1 Å². The van der Waals surface area contributed by atoms with E-state index in [9.17, 15) is 0 Å². The van der Waals surface area contributed by atoms with Gasteiger partial charge in [-0.3, -0.25) is 0 Å². The average molecular weight is 179 g/mol. The van der Waals surface area contributed by atoms with Crippen molar-refractivity contribution in [2.45, 2.75) is 19.3 Å². The zero-order chi connectivity index (χ0) is 8.93. The van der Waals surface area contributed by atoms with Gasteiger partial charge in [-0.2, -0.15) is 0 Å². The average Bonchev–Trinajstić information content (AvgIpc) is 2.21. The largest absolute Gasteiger partial charge is 0.365 e. The minimum absolute atomic E-state index is 0.449. The van der Waals surface area contributed by atoms with Gasteiger partial charge >= 0.3 is 6.01 Å². The van der Waals surface area contributed by atoms with E-state index in [4.69, 9.17) is 4.84 Å². The summed E-state index contributed by atoms with van der Waals surface area (Å²) in [6.45, 7) is 1.97. The molecule has 4 heteroatoms. The van der Waals surface area contributed by atoms with Gasteiger partial charge in [0.2, 0.25) is 0 Å². The van der Waals surface area contributed by atoms with E-state index < -0.39 is 0 Å². The van der Waals surface area contributed by atoms with Gasteiger partial charge in [-0.15, -0.1) is 5.06 Å². The van der Waals surface area contributed by atoms with Crippen molar-refractivity contribution in [3.8, 4) is 6.01 Å². The van der Waals surface area contributed by atoms with Crippen LogP contribution < -0.4 is 4.84 Å². The number of hydrogen-bond donors (Lipinski definition) is 0. The summed E-state index contributed by atoms with van der Waals surface area (Å²) in [5.41, 5.74) is 0. The highest BCUT2D eigenvalue weighted by molar-refractivity contribution is 4.92. The molecular formula is C9H13N3O. The highest BCUT2D eigenvalue weighted by Crippen LogP contribution is 2.10. The Hall–Kier alpha value is -1.16. The van der Waals surface area contributed by atoms with Gasteiger partial charge in [0.15, 0.2) is 0 Å². The van der Waals surface area contributed by atoms with Gasteiger partial charge in [0, 0.05) is 25.5 Å². The smallest absolute Gasteiger partial charge is 0.335 e. The van der Waals surface area contributed by atoms with Gasteiger partial charge < -0.3 is 4.84 Å². The molecule has 0 unspecified atom stereocenters. The lowest BCUT2D eigenvalue weighted by atomic mass is 10.2. The Labute approximate surface area is 77.5 Å². The standard InChI is InChI=1S/C9H13N3O/c1-2-7-12(8-3-1)13-9-10-5-4-6-11-9/h4-6H,1-3,7-8H2. The molecule has 2 rings (SSSR count). The molecule has 1 aliphatic heterocycles. The maximum atomic E-state index is 5.47. The Morgan fingerprint density at radius 3 is 2.46 bits per heavy atom. The molecule has 70 valence electrons. The van der Waals surface area contributed by atoms with Crippen molar-refractivity contribution in [3.05, 3.63) is 18.5 Å². The number of piperidine rings is 1. The van der Waals surface area contributed by atoms with Crippen LogP contribution in [0.4, 0.5) is 0 Å². The van der Waals surface area contributed by atoms with Crippen LogP contribution in [0.5, 0.6) is 6.01 Å². The van der Waals surface area contributed by atoms with Crippen LogP contribution in [-0.4, -0.2) is 28.1 Å². The Balaban J connectivity index is 1.90. The lowest BCUT2D eigenvalue weighted by Crippen LogP contribution is -2.33. The monoisotopic (exact) mass is 179 g/mol. The second-order valence-corrected chi connectivity index (χ2v) is 3.11. The van der Waals surface area contributed by atoms with E-state index in [1.54, 1.807) is 18.5 Å². The molecule has 4 nitrogen and oxygen atoms in total. The van der Waals surface area contributed by atoms with Crippen LogP contribution in [-0.2, 0) is 0 Å². The second kappa shape index (κ2) is 4.18. The molecule has 0 spiro atoms. The van der Waals surface area contributed by atoms with Crippen molar-refractivity contribution in [1.29, 1.82) is 0 Å². The maximum Gasteiger partial charge on any atom is 0.335 e. The maximum absolute atomic E-state index is 5.47. The zero-order valence-corrected chi connectivity index (χ0v) is 7.52. The lowest BCUT2D eigenvalue weighted by Gasteiger charge is -2.24. The highest BCUT2D eigenvalue weighted by atomic mass is 16.7. The van der Waals surface area contributed by atoms with Crippen molar-refractivity contribution < 1.29 is 4.84 Å². The van der Waals surface area contributed by atoms with Crippen molar-refractivity contribution >= 4 is 0 Å². The van der Waals surface area contributed by atoms with E-state index in [-0.39, 0.29) is 0 Å². The first-order chi connectivity index (χ1) is 6.45. The number of hydrogen-bond acceptors (Lipinski definition) is 4. The Kier molecular flexibility index (Phi) is 2.72. The molecule has 1 fully saturated rings. The summed E-state index contributed by atoms with van der Waals surface area (Å²) in [7, 11) is 0. The van der Waals surface area contributed by atoms with Gasteiger partial charge in [-0.1, -0.05) is 6.42 Å². The molecular weight excluding hydrogens is 166 g/mol. The molecule has 0 N–H and O–H groups in total. The third kappa shape index (κ3) is 2.39. The molecule has 1 aromatic rings. The number of hydroxylamine groups is 2. The van der Waals surface area contributed by atoms with Gasteiger partial charge in [-0.25, -0.2) is 9.97 Å². The van der Waals surface area contributed by atoms with Crippen LogP contribution in [0.15, 0.2) is 18.5 Å². The van der Waals surface area contributed by atoms with Crippen LogP contribution in [0.25, 0.3) is 0 Å².